The van der Waals surface area contributed by atoms with Gasteiger partial charge in [0.15, 0.2) is 0 Å². The smallest absolute Gasteiger partial charge is 0.407 e. The van der Waals surface area contributed by atoms with E-state index in [1.54, 1.807) is 0 Å². The molecular formula is C13H15N3O2. The standard InChI is InChI=1S/C13H15N3O2/c17-13(18)16-5-3-9(4-6-16)10-1-2-12-11(7-10)8-14-15-12/h1-2,7-9H,3-6H2,(H,14,15)(H,17,18). The summed E-state index contributed by atoms with van der Waals surface area (Å²) in [5.74, 6) is 0.458. The van der Waals surface area contributed by atoms with Crippen molar-refractivity contribution < 1.29 is 9.90 Å². The fourth-order valence-electron chi connectivity index (χ4n) is 2.62. The van der Waals surface area contributed by atoms with Gasteiger partial charge in [-0.3, -0.25) is 5.10 Å². The van der Waals surface area contributed by atoms with Gasteiger partial charge in [-0.15, -0.1) is 0 Å². The largest absolute Gasteiger partial charge is 0.465 e. The molecule has 1 amide bonds. The SMILES string of the molecule is O=C(O)N1CCC(c2ccc3[nH]ncc3c2)CC1. The van der Waals surface area contributed by atoms with Crippen LogP contribution in [0.4, 0.5) is 4.79 Å². The van der Waals surface area contributed by atoms with Crippen LogP contribution in [0, 0.1) is 0 Å². The van der Waals surface area contributed by atoms with E-state index in [1.807, 2.05) is 12.3 Å². The number of aromatic nitrogens is 2. The van der Waals surface area contributed by atoms with E-state index < -0.39 is 6.09 Å². The molecule has 0 aliphatic carbocycles. The summed E-state index contributed by atoms with van der Waals surface area (Å²) in [5, 5.41) is 17.0. The summed E-state index contributed by atoms with van der Waals surface area (Å²) in [5.41, 5.74) is 2.33. The number of carbonyl (C=O) groups is 1. The van der Waals surface area contributed by atoms with Crippen LogP contribution in [0.5, 0.6) is 0 Å². The second-order valence-corrected chi connectivity index (χ2v) is 4.76. The predicted octanol–water partition coefficient (Wildman–Crippen LogP) is 2.42. The van der Waals surface area contributed by atoms with E-state index in [4.69, 9.17) is 5.11 Å². The lowest BCUT2D eigenvalue weighted by molar-refractivity contribution is 0.132. The highest BCUT2D eigenvalue weighted by atomic mass is 16.4. The quantitative estimate of drug-likeness (QED) is 0.810. The molecule has 0 saturated carbocycles. The Hall–Kier alpha value is -2.04. The van der Waals surface area contributed by atoms with Gasteiger partial charge in [0.25, 0.3) is 0 Å². The molecule has 2 aromatic rings. The zero-order valence-electron chi connectivity index (χ0n) is 9.97. The topological polar surface area (TPSA) is 69.2 Å². The lowest BCUT2D eigenvalue weighted by Gasteiger charge is -2.30. The van der Waals surface area contributed by atoms with E-state index in [9.17, 15) is 4.79 Å². The minimum Gasteiger partial charge on any atom is -0.465 e. The van der Waals surface area contributed by atoms with Crippen LogP contribution in [-0.2, 0) is 0 Å². The molecule has 94 valence electrons. The molecule has 0 bridgehead atoms. The van der Waals surface area contributed by atoms with Crippen molar-refractivity contribution in [3.05, 3.63) is 30.0 Å². The Morgan fingerprint density at radius 3 is 2.89 bits per heavy atom. The van der Waals surface area contributed by atoms with Crippen LogP contribution in [-0.4, -0.2) is 39.4 Å². The van der Waals surface area contributed by atoms with Gasteiger partial charge in [-0.1, -0.05) is 6.07 Å². The molecule has 2 heterocycles. The predicted molar refractivity (Wildman–Crippen MR) is 67.7 cm³/mol. The molecule has 1 saturated heterocycles. The number of amides is 1. The van der Waals surface area contributed by atoms with Crippen LogP contribution in [0.25, 0.3) is 10.9 Å². The van der Waals surface area contributed by atoms with Gasteiger partial charge in [-0.25, -0.2) is 4.79 Å². The van der Waals surface area contributed by atoms with Gasteiger partial charge in [0, 0.05) is 18.5 Å². The first-order valence-electron chi connectivity index (χ1n) is 6.15. The molecule has 1 fully saturated rings. The monoisotopic (exact) mass is 245 g/mol. The Kier molecular flexibility index (Phi) is 2.66. The Labute approximate surface area is 104 Å². The van der Waals surface area contributed by atoms with Gasteiger partial charge >= 0.3 is 6.09 Å². The average Bonchev–Trinajstić information content (AvgIpc) is 2.86. The molecule has 0 radical (unpaired) electrons. The number of rotatable bonds is 1. The highest BCUT2D eigenvalue weighted by Crippen LogP contribution is 2.29. The molecule has 5 heteroatoms. The zero-order chi connectivity index (χ0) is 12.5. The number of aromatic amines is 1. The first-order valence-corrected chi connectivity index (χ1v) is 6.15. The van der Waals surface area contributed by atoms with E-state index in [0.29, 0.717) is 19.0 Å². The number of nitrogens with one attached hydrogen (secondary N) is 1. The van der Waals surface area contributed by atoms with Crippen LogP contribution in [0.2, 0.25) is 0 Å². The number of fused-ring (bicyclic) bond motifs is 1. The fourth-order valence-corrected chi connectivity index (χ4v) is 2.62. The fraction of sp³-hybridized carbons (Fsp3) is 0.385. The van der Waals surface area contributed by atoms with Gasteiger partial charge in [-0.05, 0) is 36.5 Å². The highest BCUT2D eigenvalue weighted by Gasteiger charge is 2.23. The number of piperidine rings is 1. The minimum absolute atomic E-state index is 0.458. The summed E-state index contributed by atoms with van der Waals surface area (Å²) in [6.45, 7) is 1.26. The molecule has 1 aliphatic heterocycles. The van der Waals surface area contributed by atoms with Crippen molar-refractivity contribution in [1.29, 1.82) is 0 Å². The van der Waals surface area contributed by atoms with Crippen LogP contribution in [0.1, 0.15) is 24.3 Å². The van der Waals surface area contributed by atoms with Crippen molar-refractivity contribution in [2.75, 3.05) is 13.1 Å². The van der Waals surface area contributed by atoms with Crippen LogP contribution in [0.3, 0.4) is 0 Å². The van der Waals surface area contributed by atoms with E-state index in [1.165, 1.54) is 10.5 Å². The van der Waals surface area contributed by atoms with E-state index in [-0.39, 0.29) is 0 Å². The van der Waals surface area contributed by atoms with Crippen molar-refractivity contribution >= 4 is 17.0 Å². The molecule has 1 aromatic carbocycles. The normalized spacial score (nSPS) is 17.2. The molecule has 3 rings (SSSR count). The number of hydrogen-bond donors (Lipinski definition) is 2. The first-order chi connectivity index (χ1) is 8.74. The van der Waals surface area contributed by atoms with Crippen molar-refractivity contribution in [1.82, 2.24) is 15.1 Å². The molecule has 0 spiro atoms. The minimum atomic E-state index is -0.807. The lowest BCUT2D eigenvalue weighted by Crippen LogP contribution is -2.36. The Bertz CT molecular complexity index is 570. The molecule has 1 aliphatic rings. The van der Waals surface area contributed by atoms with Gasteiger partial charge in [0.1, 0.15) is 0 Å². The lowest BCUT2D eigenvalue weighted by atomic mass is 9.89. The Balaban J connectivity index is 1.77. The second kappa shape index (κ2) is 4.33. The first kappa shape index (κ1) is 11.1. The third-order valence-electron chi connectivity index (χ3n) is 3.70. The summed E-state index contributed by atoms with van der Waals surface area (Å²) >= 11 is 0. The van der Waals surface area contributed by atoms with Gasteiger partial charge in [0.05, 0.1) is 11.7 Å². The number of carboxylic acid groups (broad SMARTS) is 1. The number of benzene rings is 1. The molecule has 0 unspecified atom stereocenters. The van der Waals surface area contributed by atoms with Crippen LogP contribution in [0.15, 0.2) is 24.4 Å². The number of nitrogens with zero attached hydrogens (tertiary/aromatic N) is 2. The molecule has 5 nitrogen and oxygen atoms in total. The third kappa shape index (κ3) is 1.92. The summed E-state index contributed by atoms with van der Waals surface area (Å²) < 4.78 is 0. The average molecular weight is 245 g/mol. The van der Waals surface area contributed by atoms with Crippen molar-refractivity contribution in [2.24, 2.45) is 0 Å². The second-order valence-electron chi connectivity index (χ2n) is 4.76. The van der Waals surface area contributed by atoms with Crippen molar-refractivity contribution in [3.63, 3.8) is 0 Å². The molecular weight excluding hydrogens is 230 g/mol. The number of H-pyrrole nitrogens is 1. The summed E-state index contributed by atoms with van der Waals surface area (Å²) in [4.78, 5) is 12.3. The molecule has 18 heavy (non-hydrogen) atoms. The maximum Gasteiger partial charge on any atom is 0.407 e. The van der Waals surface area contributed by atoms with Gasteiger partial charge in [0.2, 0.25) is 0 Å². The number of likely N-dealkylation sites (tertiary alicyclic amines) is 1. The summed E-state index contributed by atoms with van der Waals surface area (Å²) in [6, 6.07) is 6.31. The molecule has 2 N–H and O–H groups in total. The third-order valence-corrected chi connectivity index (χ3v) is 3.70. The van der Waals surface area contributed by atoms with Crippen molar-refractivity contribution in [3.8, 4) is 0 Å². The van der Waals surface area contributed by atoms with E-state index in [0.717, 1.165) is 23.7 Å². The van der Waals surface area contributed by atoms with Gasteiger partial charge < -0.3 is 10.0 Å². The van der Waals surface area contributed by atoms with Gasteiger partial charge in [-0.2, -0.15) is 5.10 Å². The highest BCUT2D eigenvalue weighted by molar-refractivity contribution is 5.78. The maximum absolute atomic E-state index is 10.9. The van der Waals surface area contributed by atoms with Crippen LogP contribution < -0.4 is 0 Å². The summed E-state index contributed by atoms with van der Waals surface area (Å²) in [6.07, 6.45) is 2.81. The number of hydrogen-bond acceptors (Lipinski definition) is 2. The molecule has 0 atom stereocenters. The Morgan fingerprint density at radius 1 is 1.39 bits per heavy atom. The molecule has 1 aromatic heterocycles. The summed E-state index contributed by atoms with van der Waals surface area (Å²) in [7, 11) is 0. The Morgan fingerprint density at radius 2 is 2.17 bits per heavy atom. The maximum atomic E-state index is 10.9. The van der Waals surface area contributed by atoms with Crippen LogP contribution >= 0.6 is 0 Å². The van der Waals surface area contributed by atoms with E-state index in [2.05, 4.69) is 22.3 Å². The van der Waals surface area contributed by atoms with E-state index >= 15 is 0 Å². The zero-order valence-corrected chi connectivity index (χ0v) is 9.97. The van der Waals surface area contributed by atoms with Crippen molar-refractivity contribution in [2.45, 2.75) is 18.8 Å².